The van der Waals surface area contributed by atoms with Gasteiger partial charge in [-0.15, -0.1) is 0 Å². The predicted octanol–water partition coefficient (Wildman–Crippen LogP) is 4.64. The average molecular weight is 455 g/mol. The van der Waals surface area contributed by atoms with E-state index >= 15 is 0 Å². The highest BCUT2D eigenvalue weighted by atomic mass is 35.5. The van der Waals surface area contributed by atoms with Crippen LogP contribution in [0.2, 0.25) is 5.02 Å². The Morgan fingerprint density at radius 1 is 1.00 bits per heavy atom. The van der Waals surface area contributed by atoms with Crippen molar-refractivity contribution in [3.8, 4) is 0 Å². The third kappa shape index (κ3) is 4.51. The Morgan fingerprint density at radius 3 is 2.45 bits per heavy atom. The van der Waals surface area contributed by atoms with E-state index in [1.165, 1.54) is 0 Å². The fourth-order valence-corrected chi connectivity index (χ4v) is 4.87. The minimum Gasteiger partial charge on any atom is -0.308 e. The lowest BCUT2D eigenvalue weighted by Crippen LogP contribution is -2.29. The fraction of sp³-hybridized carbons (Fsp3) is 0.208. The number of nitrogens with one attached hydrogen (secondary N) is 1. The number of hydrogen-bond donors (Lipinski definition) is 1. The molecule has 0 saturated heterocycles. The highest BCUT2D eigenvalue weighted by Gasteiger charge is 2.26. The zero-order chi connectivity index (χ0) is 22.2. The maximum Gasteiger partial charge on any atom is 0.258 e. The molecule has 0 spiro atoms. The van der Waals surface area contributed by atoms with E-state index in [9.17, 15) is 13.2 Å². The molecule has 0 atom stereocenters. The number of carbonyl (C=O) groups is 1. The Morgan fingerprint density at radius 2 is 1.74 bits per heavy atom. The summed E-state index contributed by atoms with van der Waals surface area (Å²) in [5, 5.41) is 0.580. The Bertz CT molecular complexity index is 1250. The molecule has 3 aromatic rings. The number of hydrogen-bond acceptors (Lipinski definition) is 3. The summed E-state index contributed by atoms with van der Waals surface area (Å²) in [6.45, 7) is 4.57. The van der Waals surface area contributed by atoms with E-state index in [-0.39, 0.29) is 17.3 Å². The molecule has 31 heavy (non-hydrogen) atoms. The second-order valence-corrected chi connectivity index (χ2v) is 9.95. The first kappa shape index (κ1) is 21.6. The summed E-state index contributed by atoms with van der Waals surface area (Å²) in [7, 11) is -3.63. The summed E-state index contributed by atoms with van der Waals surface area (Å²) < 4.78 is 28.1. The third-order valence-corrected chi connectivity index (χ3v) is 7.29. The molecule has 0 unspecified atom stereocenters. The Balaban J connectivity index is 1.53. The second-order valence-electron chi connectivity index (χ2n) is 7.75. The van der Waals surface area contributed by atoms with Crippen LogP contribution >= 0.6 is 11.6 Å². The maximum absolute atomic E-state index is 13.0. The van der Waals surface area contributed by atoms with Gasteiger partial charge >= 0.3 is 0 Å². The summed E-state index contributed by atoms with van der Waals surface area (Å²) in [5.41, 5.74) is 5.23. The lowest BCUT2D eigenvalue weighted by atomic mass is 10.1. The molecule has 1 amide bonds. The quantitative estimate of drug-likeness (QED) is 0.610. The molecule has 1 aliphatic rings. The van der Waals surface area contributed by atoms with Gasteiger partial charge in [0.2, 0.25) is 10.0 Å². The Kier molecular flexibility index (Phi) is 5.88. The fourth-order valence-electron chi connectivity index (χ4n) is 3.64. The number of aryl methyl sites for hydroxylation is 2. The standard InChI is InChI=1S/C24H23ClN2O3S/c1-16-3-10-22(13-17(16)2)31(29,30)26-15-18-4-5-19-11-12-27(23(19)14-18)24(28)20-6-8-21(25)9-7-20/h3-10,13-14,26H,11-12,15H2,1-2H3. The molecule has 1 heterocycles. The Labute approximate surface area is 187 Å². The van der Waals surface area contributed by atoms with E-state index in [1.54, 1.807) is 47.4 Å². The van der Waals surface area contributed by atoms with Crippen molar-refractivity contribution in [1.82, 2.24) is 4.72 Å². The van der Waals surface area contributed by atoms with E-state index in [1.807, 2.05) is 32.0 Å². The van der Waals surface area contributed by atoms with Crippen molar-refractivity contribution >= 4 is 33.2 Å². The van der Waals surface area contributed by atoms with Crippen LogP contribution in [0.25, 0.3) is 0 Å². The van der Waals surface area contributed by atoms with Crippen molar-refractivity contribution < 1.29 is 13.2 Å². The molecule has 0 bridgehead atoms. The smallest absolute Gasteiger partial charge is 0.258 e. The zero-order valence-electron chi connectivity index (χ0n) is 17.4. The number of halogens is 1. The number of carbonyl (C=O) groups excluding carboxylic acids is 1. The number of anilines is 1. The van der Waals surface area contributed by atoms with Gasteiger partial charge in [0, 0.05) is 29.4 Å². The molecule has 0 radical (unpaired) electrons. The van der Waals surface area contributed by atoms with Crippen LogP contribution in [-0.2, 0) is 23.0 Å². The normalized spacial score (nSPS) is 13.3. The van der Waals surface area contributed by atoms with Crippen LogP contribution in [0, 0.1) is 13.8 Å². The zero-order valence-corrected chi connectivity index (χ0v) is 18.9. The molecule has 4 rings (SSSR count). The molecule has 1 aliphatic heterocycles. The molecule has 0 aliphatic carbocycles. The van der Waals surface area contributed by atoms with Crippen LogP contribution in [0.15, 0.2) is 65.6 Å². The monoisotopic (exact) mass is 454 g/mol. The molecule has 0 fully saturated rings. The van der Waals surface area contributed by atoms with Crippen molar-refractivity contribution in [3.63, 3.8) is 0 Å². The van der Waals surface area contributed by atoms with Gasteiger partial charge in [0.05, 0.1) is 4.90 Å². The van der Waals surface area contributed by atoms with Gasteiger partial charge in [-0.3, -0.25) is 4.79 Å². The number of fused-ring (bicyclic) bond motifs is 1. The molecule has 1 N–H and O–H groups in total. The van der Waals surface area contributed by atoms with Crippen molar-refractivity contribution in [3.05, 3.63) is 93.5 Å². The molecule has 0 aromatic heterocycles. The molecular formula is C24H23ClN2O3S. The van der Waals surface area contributed by atoms with Crippen LogP contribution in [0.1, 0.15) is 32.6 Å². The molecular weight excluding hydrogens is 432 g/mol. The van der Waals surface area contributed by atoms with Gasteiger partial charge in [0.15, 0.2) is 0 Å². The minimum absolute atomic E-state index is 0.0942. The number of rotatable bonds is 5. The number of nitrogens with zero attached hydrogens (tertiary/aromatic N) is 1. The molecule has 0 saturated carbocycles. The van der Waals surface area contributed by atoms with Crippen LogP contribution in [-0.4, -0.2) is 20.9 Å². The van der Waals surface area contributed by atoms with Crippen molar-refractivity contribution in [2.24, 2.45) is 0 Å². The van der Waals surface area contributed by atoms with Gasteiger partial charge in [-0.05, 0) is 85.0 Å². The van der Waals surface area contributed by atoms with Crippen LogP contribution in [0.3, 0.4) is 0 Å². The summed E-state index contributed by atoms with van der Waals surface area (Å²) in [6.07, 6.45) is 0.767. The molecule has 3 aromatic carbocycles. The minimum atomic E-state index is -3.63. The topological polar surface area (TPSA) is 66.5 Å². The van der Waals surface area contributed by atoms with Gasteiger partial charge in [-0.2, -0.15) is 0 Å². The molecule has 5 nitrogen and oxygen atoms in total. The summed E-state index contributed by atoms with van der Waals surface area (Å²) in [6, 6.07) is 17.7. The maximum atomic E-state index is 13.0. The van der Waals surface area contributed by atoms with E-state index in [0.717, 1.165) is 34.4 Å². The van der Waals surface area contributed by atoms with E-state index in [4.69, 9.17) is 11.6 Å². The number of sulfonamides is 1. The van der Waals surface area contributed by atoms with Crippen LogP contribution < -0.4 is 9.62 Å². The van der Waals surface area contributed by atoms with Crippen LogP contribution in [0.5, 0.6) is 0 Å². The molecule has 160 valence electrons. The first-order chi connectivity index (χ1) is 14.7. The molecule has 7 heteroatoms. The van der Waals surface area contributed by atoms with Crippen molar-refractivity contribution in [2.45, 2.75) is 31.7 Å². The third-order valence-electron chi connectivity index (χ3n) is 5.64. The van der Waals surface area contributed by atoms with Gasteiger partial charge in [-0.1, -0.05) is 29.8 Å². The van der Waals surface area contributed by atoms with Crippen molar-refractivity contribution in [2.75, 3.05) is 11.4 Å². The summed E-state index contributed by atoms with van der Waals surface area (Å²) in [4.78, 5) is 14.9. The van der Waals surface area contributed by atoms with Gasteiger partial charge < -0.3 is 4.90 Å². The lowest BCUT2D eigenvalue weighted by molar-refractivity contribution is 0.0989. The predicted molar refractivity (Wildman–Crippen MR) is 123 cm³/mol. The number of benzene rings is 3. The summed E-state index contributed by atoms with van der Waals surface area (Å²) >= 11 is 5.93. The lowest BCUT2D eigenvalue weighted by Gasteiger charge is -2.18. The van der Waals surface area contributed by atoms with E-state index in [2.05, 4.69) is 4.72 Å². The number of amides is 1. The van der Waals surface area contributed by atoms with Gasteiger partial charge in [0.1, 0.15) is 0 Å². The van der Waals surface area contributed by atoms with Gasteiger partial charge in [-0.25, -0.2) is 13.1 Å². The Hall–Kier alpha value is -2.67. The first-order valence-electron chi connectivity index (χ1n) is 10.0. The SMILES string of the molecule is Cc1ccc(S(=O)(=O)NCc2ccc3c(c2)N(C(=O)c2ccc(Cl)cc2)CC3)cc1C. The second kappa shape index (κ2) is 8.46. The first-order valence-corrected chi connectivity index (χ1v) is 11.9. The summed E-state index contributed by atoms with van der Waals surface area (Å²) in [5.74, 6) is -0.0942. The van der Waals surface area contributed by atoms with E-state index in [0.29, 0.717) is 17.1 Å². The van der Waals surface area contributed by atoms with E-state index < -0.39 is 10.0 Å². The van der Waals surface area contributed by atoms with Crippen molar-refractivity contribution in [1.29, 1.82) is 0 Å². The van der Waals surface area contributed by atoms with Gasteiger partial charge in [0.25, 0.3) is 5.91 Å². The largest absolute Gasteiger partial charge is 0.308 e. The van der Waals surface area contributed by atoms with Crippen LogP contribution in [0.4, 0.5) is 5.69 Å². The average Bonchev–Trinajstić information content (AvgIpc) is 3.17. The highest BCUT2D eigenvalue weighted by molar-refractivity contribution is 7.89. The highest BCUT2D eigenvalue weighted by Crippen LogP contribution is 2.31.